The second kappa shape index (κ2) is 5.73. The SMILES string of the molecule is CCCNc1c(C(=O)NC2CC2)cccc1C(F)(F)F. The van der Waals surface area contributed by atoms with E-state index in [0.29, 0.717) is 13.0 Å². The van der Waals surface area contributed by atoms with Gasteiger partial charge in [0.2, 0.25) is 0 Å². The van der Waals surface area contributed by atoms with Gasteiger partial charge in [-0.2, -0.15) is 13.2 Å². The van der Waals surface area contributed by atoms with Crippen LogP contribution in [-0.2, 0) is 6.18 Å². The van der Waals surface area contributed by atoms with E-state index < -0.39 is 17.6 Å². The van der Waals surface area contributed by atoms with E-state index in [9.17, 15) is 18.0 Å². The first kappa shape index (κ1) is 14.7. The van der Waals surface area contributed by atoms with E-state index in [1.165, 1.54) is 12.1 Å². The number of rotatable bonds is 5. The van der Waals surface area contributed by atoms with Crippen molar-refractivity contribution in [2.45, 2.75) is 38.4 Å². The third kappa shape index (κ3) is 3.43. The molecule has 1 saturated carbocycles. The minimum atomic E-state index is -4.48. The summed E-state index contributed by atoms with van der Waals surface area (Å²) >= 11 is 0. The van der Waals surface area contributed by atoms with Gasteiger partial charge in [-0.3, -0.25) is 4.79 Å². The molecule has 1 aromatic rings. The lowest BCUT2D eigenvalue weighted by molar-refractivity contribution is -0.137. The molecule has 0 unspecified atom stereocenters. The molecule has 0 aromatic heterocycles. The van der Waals surface area contributed by atoms with Crippen LogP contribution in [0.5, 0.6) is 0 Å². The third-order valence-electron chi connectivity index (χ3n) is 3.08. The average Bonchev–Trinajstić information content (AvgIpc) is 3.18. The van der Waals surface area contributed by atoms with E-state index >= 15 is 0 Å². The summed E-state index contributed by atoms with van der Waals surface area (Å²) in [5.74, 6) is -0.447. The lowest BCUT2D eigenvalue weighted by Gasteiger charge is -2.18. The summed E-state index contributed by atoms with van der Waals surface area (Å²) in [5.41, 5.74) is -0.866. The fourth-order valence-electron chi connectivity index (χ4n) is 1.91. The normalized spacial score (nSPS) is 15.0. The molecule has 0 bridgehead atoms. The Morgan fingerprint density at radius 1 is 1.35 bits per heavy atom. The molecule has 0 spiro atoms. The molecule has 1 fully saturated rings. The zero-order valence-corrected chi connectivity index (χ0v) is 11.2. The van der Waals surface area contributed by atoms with Gasteiger partial charge >= 0.3 is 6.18 Å². The molecule has 1 aromatic carbocycles. The maximum absolute atomic E-state index is 13.0. The molecule has 2 N–H and O–H groups in total. The van der Waals surface area contributed by atoms with Crippen LogP contribution >= 0.6 is 0 Å². The molecule has 6 heteroatoms. The predicted molar refractivity (Wildman–Crippen MR) is 70.7 cm³/mol. The summed E-state index contributed by atoms with van der Waals surface area (Å²) in [5, 5.41) is 5.45. The van der Waals surface area contributed by atoms with Crippen LogP contribution < -0.4 is 10.6 Å². The number of nitrogens with one attached hydrogen (secondary N) is 2. The van der Waals surface area contributed by atoms with Gasteiger partial charge in [-0.05, 0) is 31.4 Å². The van der Waals surface area contributed by atoms with Gasteiger partial charge in [0, 0.05) is 12.6 Å². The monoisotopic (exact) mass is 286 g/mol. The van der Waals surface area contributed by atoms with E-state index in [2.05, 4.69) is 10.6 Å². The number of benzene rings is 1. The zero-order valence-electron chi connectivity index (χ0n) is 11.2. The molecule has 1 aliphatic carbocycles. The Kier molecular flexibility index (Phi) is 4.20. The third-order valence-corrected chi connectivity index (χ3v) is 3.08. The lowest BCUT2D eigenvalue weighted by atomic mass is 10.1. The van der Waals surface area contributed by atoms with E-state index in [-0.39, 0.29) is 17.3 Å². The molecule has 110 valence electrons. The Labute approximate surface area is 115 Å². The van der Waals surface area contributed by atoms with Crippen LogP contribution in [0.1, 0.15) is 42.1 Å². The molecule has 1 aliphatic rings. The Hall–Kier alpha value is -1.72. The minimum absolute atomic E-state index is 0.0557. The Morgan fingerprint density at radius 3 is 2.60 bits per heavy atom. The molecule has 0 radical (unpaired) electrons. The number of para-hydroxylation sites is 1. The smallest absolute Gasteiger partial charge is 0.384 e. The van der Waals surface area contributed by atoms with Crippen molar-refractivity contribution in [2.24, 2.45) is 0 Å². The van der Waals surface area contributed by atoms with Crippen molar-refractivity contribution in [1.82, 2.24) is 5.32 Å². The van der Waals surface area contributed by atoms with Gasteiger partial charge in [0.1, 0.15) is 0 Å². The van der Waals surface area contributed by atoms with Gasteiger partial charge in [-0.15, -0.1) is 0 Å². The van der Waals surface area contributed by atoms with Crippen LogP contribution in [0, 0.1) is 0 Å². The van der Waals surface area contributed by atoms with Crippen molar-refractivity contribution in [3.05, 3.63) is 29.3 Å². The first-order valence-corrected chi connectivity index (χ1v) is 6.68. The Balaban J connectivity index is 2.35. The van der Waals surface area contributed by atoms with Gasteiger partial charge in [0.05, 0.1) is 16.8 Å². The highest BCUT2D eigenvalue weighted by molar-refractivity contribution is 6.00. The average molecular weight is 286 g/mol. The fraction of sp³-hybridized carbons (Fsp3) is 0.500. The largest absolute Gasteiger partial charge is 0.418 e. The van der Waals surface area contributed by atoms with Crippen LogP contribution in [0.2, 0.25) is 0 Å². The molecular weight excluding hydrogens is 269 g/mol. The number of carbonyl (C=O) groups is 1. The fourth-order valence-corrected chi connectivity index (χ4v) is 1.91. The first-order valence-electron chi connectivity index (χ1n) is 6.68. The van der Waals surface area contributed by atoms with Crippen molar-refractivity contribution >= 4 is 11.6 Å². The number of hydrogen-bond donors (Lipinski definition) is 2. The van der Waals surface area contributed by atoms with Crippen LogP contribution in [0.25, 0.3) is 0 Å². The molecular formula is C14H17F3N2O. The number of amides is 1. The summed E-state index contributed by atoms with van der Waals surface area (Å²) in [6.45, 7) is 2.24. The summed E-state index contributed by atoms with van der Waals surface area (Å²) in [6.07, 6.45) is -2.02. The van der Waals surface area contributed by atoms with E-state index in [4.69, 9.17) is 0 Å². The first-order chi connectivity index (χ1) is 9.43. The summed E-state index contributed by atoms with van der Waals surface area (Å²) in [6, 6.07) is 3.79. The summed E-state index contributed by atoms with van der Waals surface area (Å²) in [4.78, 5) is 12.0. The predicted octanol–water partition coefficient (Wildman–Crippen LogP) is 3.42. The topological polar surface area (TPSA) is 41.1 Å². The van der Waals surface area contributed by atoms with Crippen molar-refractivity contribution in [3.8, 4) is 0 Å². The number of anilines is 1. The second-order valence-electron chi connectivity index (χ2n) is 4.90. The van der Waals surface area contributed by atoms with Gasteiger partial charge in [0.25, 0.3) is 5.91 Å². The second-order valence-corrected chi connectivity index (χ2v) is 4.90. The standard InChI is InChI=1S/C14H17F3N2O/c1-2-8-18-12-10(13(20)19-9-6-7-9)4-3-5-11(12)14(15,16)17/h3-5,9,18H,2,6-8H2,1H3,(H,19,20). The molecule has 20 heavy (non-hydrogen) atoms. The molecule has 1 amide bonds. The molecule has 0 heterocycles. The highest BCUT2D eigenvalue weighted by atomic mass is 19.4. The Morgan fingerprint density at radius 2 is 2.05 bits per heavy atom. The van der Waals surface area contributed by atoms with Crippen molar-refractivity contribution in [1.29, 1.82) is 0 Å². The number of alkyl halides is 3. The molecule has 2 rings (SSSR count). The zero-order chi connectivity index (χ0) is 14.8. The lowest BCUT2D eigenvalue weighted by Crippen LogP contribution is -2.27. The van der Waals surface area contributed by atoms with Crippen LogP contribution in [0.3, 0.4) is 0 Å². The molecule has 3 nitrogen and oxygen atoms in total. The van der Waals surface area contributed by atoms with E-state index in [0.717, 1.165) is 18.9 Å². The molecule has 0 atom stereocenters. The van der Waals surface area contributed by atoms with Crippen molar-refractivity contribution in [2.75, 3.05) is 11.9 Å². The van der Waals surface area contributed by atoms with Crippen molar-refractivity contribution in [3.63, 3.8) is 0 Å². The van der Waals surface area contributed by atoms with Gasteiger partial charge in [-0.25, -0.2) is 0 Å². The summed E-state index contributed by atoms with van der Waals surface area (Å²) < 4.78 is 39.1. The summed E-state index contributed by atoms with van der Waals surface area (Å²) in [7, 11) is 0. The van der Waals surface area contributed by atoms with Crippen LogP contribution in [0.15, 0.2) is 18.2 Å². The van der Waals surface area contributed by atoms with Gasteiger partial charge in [-0.1, -0.05) is 13.0 Å². The number of halogens is 3. The maximum Gasteiger partial charge on any atom is 0.418 e. The quantitative estimate of drug-likeness (QED) is 0.870. The minimum Gasteiger partial charge on any atom is -0.384 e. The number of hydrogen-bond acceptors (Lipinski definition) is 2. The van der Waals surface area contributed by atoms with E-state index in [1.54, 1.807) is 0 Å². The van der Waals surface area contributed by atoms with Crippen molar-refractivity contribution < 1.29 is 18.0 Å². The van der Waals surface area contributed by atoms with E-state index in [1.807, 2.05) is 6.92 Å². The Bertz CT molecular complexity index is 496. The molecule has 0 saturated heterocycles. The van der Waals surface area contributed by atoms with Crippen LogP contribution in [0.4, 0.5) is 18.9 Å². The highest BCUT2D eigenvalue weighted by Gasteiger charge is 2.35. The highest BCUT2D eigenvalue weighted by Crippen LogP contribution is 2.37. The maximum atomic E-state index is 13.0. The van der Waals surface area contributed by atoms with Gasteiger partial charge in [0.15, 0.2) is 0 Å². The molecule has 0 aliphatic heterocycles. The number of carbonyl (C=O) groups excluding carboxylic acids is 1. The van der Waals surface area contributed by atoms with Crippen LogP contribution in [-0.4, -0.2) is 18.5 Å². The van der Waals surface area contributed by atoms with Gasteiger partial charge < -0.3 is 10.6 Å².